The Kier molecular flexibility index (Phi) is 4.98. The van der Waals surface area contributed by atoms with Crippen LogP contribution in [0.4, 0.5) is 0 Å². The lowest BCUT2D eigenvalue weighted by atomic mass is 9.86. The van der Waals surface area contributed by atoms with Gasteiger partial charge in [-0.15, -0.1) is 0 Å². The molecule has 0 bridgehead atoms. The Morgan fingerprint density at radius 2 is 1.70 bits per heavy atom. The summed E-state index contributed by atoms with van der Waals surface area (Å²) in [5, 5.41) is 0. The van der Waals surface area contributed by atoms with Crippen LogP contribution in [0, 0.1) is 12.8 Å². The number of ketones is 1. The molecule has 1 saturated carbocycles. The van der Waals surface area contributed by atoms with Crippen LogP contribution in [0.1, 0.15) is 55.5 Å². The van der Waals surface area contributed by atoms with E-state index in [2.05, 4.69) is 18.9 Å². The van der Waals surface area contributed by atoms with E-state index in [9.17, 15) is 4.79 Å². The molecule has 0 radical (unpaired) electrons. The van der Waals surface area contributed by atoms with Crippen molar-refractivity contribution in [3.63, 3.8) is 0 Å². The molecule has 0 spiro atoms. The molecular weight excluding hydrogens is 246 g/mol. The quantitative estimate of drug-likeness (QED) is 0.771. The lowest BCUT2D eigenvalue weighted by Crippen LogP contribution is -2.44. The number of nitrogens with zero attached hydrogens (tertiary/aromatic N) is 1. The number of hydrogen-bond donors (Lipinski definition) is 0. The van der Waals surface area contributed by atoms with Crippen LogP contribution in [0.5, 0.6) is 0 Å². The molecule has 1 aromatic carbocycles. The molecule has 1 unspecified atom stereocenters. The predicted molar refractivity (Wildman–Crippen MR) is 84.2 cm³/mol. The summed E-state index contributed by atoms with van der Waals surface area (Å²) in [5.41, 5.74) is 2.03. The van der Waals surface area contributed by atoms with Gasteiger partial charge in [0.1, 0.15) is 0 Å². The first kappa shape index (κ1) is 15.2. The molecule has 0 amide bonds. The summed E-state index contributed by atoms with van der Waals surface area (Å²) >= 11 is 0. The zero-order valence-electron chi connectivity index (χ0n) is 13.2. The minimum Gasteiger partial charge on any atom is -0.294 e. The van der Waals surface area contributed by atoms with Gasteiger partial charge in [0.25, 0.3) is 0 Å². The molecule has 2 nitrogen and oxygen atoms in total. The van der Waals surface area contributed by atoms with Gasteiger partial charge in [-0.25, -0.2) is 0 Å². The zero-order chi connectivity index (χ0) is 14.7. The van der Waals surface area contributed by atoms with Crippen molar-refractivity contribution in [3.05, 3.63) is 35.4 Å². The van der Waals surface area contributed by atoms with Crippen molar-refractivity contribution in [1.82, 2.24) is 4.90 Å². The molecule has 1 fully saturated rings. The van der Waals surface area contributed by atoms with Crippen molar-refractivity contribution >= 4 is 5.78 Å². The van der Waals surface area contributed by atoms with Crippen molar-refractivity contribution in [3.8, 4) is 0 Å². The van der Waals surface area contributed by atoms with Gasteiger partial charge in [-0.05, 0) is 52.5 Å². The van der Waals surface area contributed by atoms with Crippen LogP contribution < -0.4 is 0 Å². The van der Waals surface area contributed by atoms with Gasteiger partial charge in [0.2, 0.25) is 0 Å². The number of benzene rings is 1. The van der Waals surface area contributed by atoms with E-state index >= 15 is 0 Å². The van der Waals surface area contributed by atoms with Crippen LogP contribution in [0.15, 0.2) is 24.3 Å². The Bertz CT molecular complexity index is 443. The minimum atomic E-state index is -0.0314. The summed E-state index contributed by atoms with van der Waals surface area (Å²) in [5.74, 6) is 1.09. The van der Waals surface area contributed by atoms with Crippen molar-refractivity contribution in [2.75, 3.05) is 7.05 Å². The number of aryl methyl sites for hydroxylation is 1. The van der Waals surface area contributed by atoms with Gasteiger partial charge >= 0.3 is 0 Å². The highest BCUT2D eigenvalue weighted by atomic mass is 16.1. The van der Waals surface area contributed by atoms with Crippen LogP contribution in [0.25, 0.3) is 0 Å². The second-order valence-corrected chi connectivity index (χ2v) is 6.49. The van der Waals surface area contributed by atoms with E-state index in [-0.39, 0.29) is 11.8 Å². The Morgan fingerprint density at radius 3 is 2.25 bits per heavy atom. The number of hydrogen-bond acceptors (Lipinski definition) is 2. The van der Waals surface area contributed by atoms with E-state index in [1.54, 1.807) is 0 Å². The largest absolute Gasteiger partial charge is 0.294 e. The third-order valence-electron chi connectivity index (χ3n) is 4.89. The molecule has 0 saturated heterocycles. The molecule has 1 aliphatic carbocycles. The first-order chi connectivity index (χ1) is 9.49. The second kappa shape index (κ2) is 6.53. The van der Waals surface area contributed by atoms with E-state index < -0.39 is 0 Å². The molecule has 20 heavy (non-hydrogen) atoms. The van der Waals surface area contributed by atoms with Crippen molar-refractivity contribution < 1.29 is 4.79 Å². The van der Waals surface area contributed by atoms with Gasteiger partial charge in [-0.2, -0.15) is 0 Å². The first-order valence-corrected chi connectivity index (χ1v) is 7.82. The lowest BCUT2D eigenvalue weighted by Gasteiger charge is -2.36. The third kappa shape index (κ3) is 3.49. The topological polar surface area (TPSA) is 20.3 Å². The van der Waals surface area contributed by atoms with Gasteiger partial charge in [-0.1, -0.05) is 36.8 Å². The number of carbonyl (C=O) groups excluding carboxylic acids is 1. The third-order valence-corrected chi connectivity index (χ3v) is 4.89. The predicted octanol–water partition coefficient (Wildman–Crippen LogP) is 4.08. The molecular formula is C18H27NO. The maximum atomic E-state index is 12.6. The highest BCUT2D eigenvalue weighted by Crippen LogP contribution is 2.27. The standard InChI is InChI=1S/C18H27NO/c1-13-5-9-16(10-6-13)18(20)15(3)19(4)17-11-7-14(2)8-12-17/h5-6,9-10,14-15,17H,7-8,11-12H2,1-4H3. The molecule has 1 aliphatic rings. The van der Waals surface area contributed by atoms with E-state index in [1.807, 2.05) is 38.1 Å². The fraction of sp³-hybridized carbons (Fsp3) is 0.611. The van der Waals surface area contributed by atoms with E-state index in [1.165, 1.54) is 31.2 Å². The van der Waals surface area contributed by atoms with Crippen LogP contribution in [0.2, 0.25) is 0 Å². The molecule has 2 rings (SSSR count). The summed E-state index contributed by atoms with van der Waals surface area (Å²) in [6.45, 7) is 6.42. The monoisotopic (exact) mass is 273 g/mol. The van der Waals surface area contributed by atoms with Crippen LogP contribution in [-0.4, -0.2) is 29.8 Å². The first-order valence-electron chi connectivity index (χ1n) is 7.82. The van der Waals surface area contributed by atoms with Crippen LogP contribution in [-0.2, 0) is 0 Å². The van der Waals surface area contributed by atoms with E-state index in [4.69, 9.17) is 0 Å². The molecule has 1 aromatic rings. The highest BCUT2D eigenvalue weighted by Gasteiger charge is 2.28. The Balaban J connectivity index is 2.00. The smallest absolute Gasteiger partial charge is 0.179 e. The zero-order valence-corrected chi connectivity index (χ0v) is 13.2. The number of Topliss-reactive ketones (excluding diaryl/α,β-unsaturated/α-hetero) is 1. The maximum Gasteiger partial charge on any atom is 0.179 e. The van der Waals surface area contributed by atoms with Crippen molar-refractivity contribution in [1.29, 1.82) is 0 Å². The molecule has 2 heteroatoms. The highest BCUT2D eigenvalue weighted by molar-refractivity contribution is 5.99. The Hall–Kier alpha value is -1.15. The average molecular weight is 273 g/mol. The van der Waals surface area contributed by atoms with Gasteiger partial charge < -0.3 is 0 Å². The normalized spacial score (nSPS) is 24.6. The maximum absolute atomic E-state index is 12.6. The molecule has 1 atom stereocenters. The summed E-state index contributed by atoms with van der Waals surface area (Å²) < 4.78 is 0. The molecule has 0 N–H and O–H groups in total. The minimum absolute atomic E-state index is 0.0314. The molecule has 0 aliphatic heterocycles. The van der Waals surface area contributed by atoms with Gasteiger partial charge in [-0.3, -0.25) is 9.69 Å². The number of carbonyl (C=O) groups is 1. The van der Waals surface area contributed by atoms with Gasteiger partial charge in [0, 0.05) is 11.6 Å². The summed E-state index contributed by atoms with van der Waals surface area (Å²) in [4.78, 5) is 14.8. The number of rotatable bonds is 4. The fourth-order valence-electron chi connectivity index (χ4n) is 3.11. The number of likely N-dealkylation sites (N-methyl/N-ethyl adjacent to an activating group) is 1. The second-order valence-electron chi connectivity index (χ2n) is 6.49. The van der Waals surface area contributed by atoms with Crippen LogP contribution >= 0.6 is 0 Å². The van der Waals surface area contributed by atoms with Crippen molar-refractivity contribution in [2.24, 2.45) is 5.92 Å². The molecule has 110 valence electrons. The van der Waals surface area contributed by atoms with Gasteiger partial charge in [0.15, 0.2) is 5.78 Å². The summed E-state index contributed by atoms with van der Waals surface area (Å²) in [7, 11) is 2.11. The summed E-state index contributed by atoms with van der Waals surface area (Å²) in [6.07, 6.45) is 5.03. The SMILES string of the molecule is Cc1ccc(C(=O)C(C)N(C)C2CCC(C)CC2)cc1. The van der Waals surface area contributed by atoms with E-state index in [0.717, 1.165) is 11.5 Å². The Morgan fingerprint density at radius 1 is 1.15 bits per heavy atom. The Labute approximate surface area is 123 Å². The molecule has 0 aromatic heterocycles. The summed E-state index contributed by atoms with van der Waals surface area (Å²) in [6, 6.07) is 8.46. The van der Waals surface area contributed by atoms with Crippen LogP contribution in [0.3, 0.4) is 0 Å². The van der Waals surface area contributed by atoms with Crippen molar-refractivity contribution in [2.45, 2.75) is 58.5 Å². The average Bonchev–Trinajstić information content (AvgIpc) is 2.46. The fourth-order valence-corrected chi connectivity index (χ4v) is 3.11. The van der Waals surface area contributed by atoms with E-state index in [0.29, 0.717) is 6.04 Å². The molecule has 0 heterocycles. The van der Waals surface area contributed by atoms with Gasteiger partial charge in [0.05, 0.1) is 6.04 Å². The lowest BCUT2D eigenvalue weighted by molar-refractivity contribution is 0.0758.